The van der Waals surface area contributed by atoms with Gasteiger partial charge in [0, 0.05) is 66.2 Å². The molecule has 2 amide bonds. The monoisotopic (exact) mass is 438 g/mol. The zero-order valence-electron chi connectivity index (χ0n) is 17.8. The van der Waals surface area contributed by atoms with E-state index in [0.717, 1.165) is 22.3 Å². The number of amides is 2. The number of hydrogen-bond acceptors (Lipinski definition) is 4. The zero-order chi connectivity index (χ0) is 22.8. The Morgan fingerprint density at radius 2 is 1.79 bits per heavy atom. The van der Waals surface area contributed by atoms with Crippen LogP contribution in [-0.4, -0.2) is 34.5 Å². The van der Waals surface area contributed by atoms with Gasteiger partial charge in [-0.2, -0.15) is 0 Å². The highest BCUT2D eigenvalue weighted by molar-refractivity contribution is 5.98. The Hall–Kier alpha value is -4.26. The van der Waals surface area contributed by atoms with Crippen LogP contribution in [0.1, 0.15) is 16.8 Å². The van der Waals surface area contributed by atoms with Crippen molar-refractivity contribution in [2.24, 2.45) is 5.92 Å². The molecule has 7 heteroatoms. The lowest BCUT2D eigenvalue weighted by atomic mass is 10.1. The minimum absolute atomic E-state index is 0.0220. The summed E-state index contributed by atoms with van der Waals surface area (Å²) in [6, 6.07) is 21.6. The molecular weight excluding hydrogens is 416 g/mol. The highest BCUT2D eigenvalue weighted by Crippen LogP contribution is 2.25. The topological polar surface area (TPSA) is 84.3 Å². The third-order valence-electron chi connectivity index (χ3n) is 5.89. The average molecular weight is 438 g/mol. The highest BCUT2D eigenvalue weighted by atomic mass is 16.2. The van der Waals surface area contributed by atoms with Crippen molar-refractivity contribution >= 4 is 28.4 Å². The lowest BCUT2D eigenvalue weighted by Crippen LogP contribution is -2.31. The van der Waals surface area contributed by atoms with Crippen molar-refractivity contribution < 1.29 is 9.59 Å². The second kappa shape index (κ2) is 8.70. The second-order valence-electron chi connectivity index (χ2n) is 8.12. The normalized spacial score (nSPS) is 15.7. The van der Waals surface area contributed by atoms with Crippen molar-refractivity contribution in [2.75, 3.05) is 18.0 Å². The van der Waals surface area contributed by atoms with Crippen molar-refractivity contribution in [1.82, 2.24) is 14.9 Å². The Labute approximate surface area is 190 Å². The fourth-order valence-electron chi connectivity index (χ4n) is 4.15. The summed E-state index contributed by atoms with van der Waals surface area (Å²) in [6.07, 6.45) is 3.79. The Balaban J connectivity index is 1.22. The van der Waals surface area contributed by atoms with Crippen molar-refractivity contribution in [3.63, 3.8) is 0 Å². The standard InChI is InChI=1S/C26H22N4O3/c31-24-5-1-2-13-29(24)21-8-10-22(11-9-21)30-17-18(14-25(30)32)16-28-26(33)20-7-6-19-4-3-12-27-23(19)15-20/h1-13,15,18H,14,16-17H2,(H,28,33). The van der Waals surface area contributed by atoms with Crippen molar-refractivity contribution in [1.29, 1.82) is 0 Å². The number of rotatable bonds is 5. The summed E-state index contributed by atoms with van der Waals surface area (Å²) in [6.45, 7) is 0.946. The number of carbonyl (C=O) groups excluding carboxylic acids is 2. The Morgan fingerprint density at radius 3 is 2.61 bits per heavy atom. The van der Waals surface area contributed by atoms with Crippen LogP contribution in [0.4, 0.5) is 5.69 Å². The number of aromatic nitrogens is 2. The Kier molecular flexibility index (Phi) is 5.44. The average Bonchev–Trinajstić information content (AvgIpc) is 3.23. The van der Waals surface area contributed by atoms with Crippen molar-refractivity contribution in [3.8, 4) is 5.69 Å². The molecule has 1 unspecified atom stereocenters. The maximum absolute atomic E-state index is 12.6. The third-order valence-corrected chi connectivity index (χ3v) is 5.89. The summed E-state index contributed by atoms with van der Waals surface area (Å²) in [5.41, 5.74) is 2.73. The molecule has 1 aliphatic heterocycles. The molecule has 1 aliphatic rings. The van der Waals surface area contributed by atoms with Gasteiger partial charge < -0.3 is 10.2 Å². The molecule has 4 aromatic rings. The maximum atomic E-state index is 12.6. The molecule has 0 saturated carbocycles. The van der Waals surface area contributed by atoms with Crippen LogP contribution < -0.4 is 15.8 Å². The number of pyridine rings is 2. The summed E-state index contributed by atoms with van der Waals surface area (Å²) in [5.74, 6) is -0.128. The van der Waals surface area contributed by atoms with E-state index in [1.807, 2.05) is 42.5 Å². The van der Waals surface area contributed by atoms with E-state index in [9.17, 15) is 14.4 Å². The van der Waals surface area contributed by atoms with Crippen molar-refractivity contribution in [3.05, 3.63) is 101 Å². The van der Waals surface area contributed by atoms with Crippen LogP contribution in [-0.2, 0) is 4.79 Å². The summed E-state index contributed by atoms with van der Waals surface area (Å²) < 4.78 is 1.55. The van der Waals surface area contributed by atoms with Gasteiger partial charge in [-0.3, -0.25) is 23.9 Å². The first-order valence-corrected chi connectivity index (χ1v) is 10.8. The van der Waals surface area contributed by atoms with Gasteiger partial charge in [0.2, 0.25) is 5.91 Å². The molecule has 33 heavy (non-hydrogen) atoms. The fourth-order valence-corrected chi connectivity index (χ4v) is 4.15. The maximum Gasteiger partial charge on any atom is 0.255 e. The van der Waals surface area contributed by atoms with Crippen LogP contribution in [0.5, 0.6) is 0 Å². The van der Waals surface area contributed by atoms with E-state index in [0.29, 0.717) is 25.1 Å². The highest BCUT2D eigenvalue weighted by Gasteiger charge is 2.30. The molecule has 7 nitrogen and oxygen atoms in total. The first kappa shape index (κ1) is 20.6. The number of nitrogens with one attached hydrogen (secondary N) is 1. The first-order chi connectivity index (χ1) is 16.1. The molecule has 0 radical (unpaired) electrons. The van der Waals surface area contributed by atoms with E-state index in [4.69, 9.17) is 0 Å². The molecule has 0 spiro atoms. The van der Waals surface area contributed by atoms with Crippen LogP contribution in [0.25, 0.3) is 16.6 Å². The summed E-state index contributed by atoms with van der Waals surface area (Å²) in [4.78, 5) is 43.3. The molecule has 1 fully saturated rings. The Morgan fingerprint density at radius 1 is 0.970 bits per heavy atom. The predicted molar refractivity (Wildman–Crippen MR) is 127 cm³/mol. The van der Waals surface area contributed by atoms with E-state index in [-0.39, 0.29) is 23.3 Å². The minimum Gasteiger partial charge on any atom is -0.352 e. The van der Waals surface area contributed by atoms with Crippen LogP contribution >= 0.6 is 0 Å². The number of benzene rings is 2. The SMILES string of the molecule is O=C(NCC1CC(=O)N(c2ccc(-n3ccccc3=O)cc2)C1)c1ccc2cccnc2c1. The van der Waals surface area contributed by atoms with Crippen LogP contribution in [0.15, 0.2) is 90.0 Å². The van der Waals surface area contributed by atoms with Gasteiger partial charge in [0.25, 0.3) is 11.5 Å². The van der Waals surface area contributed by atoms with E-state index >= 15 is 0 Å². The summed E-state index contributed by atoms with van der Waals surface area (Å²) in [7, 11) is 0. The minimum atomic E-state index is -0.175. The van der Waals surface area contributed by atoms with E-state index in [1.54, 1.807) is 46.1 Å². The smallest absolute Gasteiger partial charge is 0.255 e. The fraction of sp³-hybridized carbons (Fsp3) is 0.154. The molecule has 3 heterocycles. The van der Waals surface area contributed by atoms with E-state index < -0.39 is 0 Å². The number of fused-ring (bicyclic) bond motifs is 1. The second-order valence-corrected chi connectivity index (χ2v) is 8.12. The van der Waals surface area contributed by atoms with Gasteiger partial charge in [0.15, 0.2) is 0 Å². The van der Waals surface area contributed by atoms with Crippen LogP contribution in [0, 0.1) is 5.92 Å². The molecule has 1 saturated heterocycles. The van der Waals surface area contributed by atoms with Crippen LogP contribution in [0.2, 0.25) is 0 Å². The molecule has 2 aromatic heterocycles. The van der Waals surface area contributed by atoms with Gasteiger partial charge in [-0.25, -0.2) is 0 Å². The van der Waals surface area contributed by atoms with Gasteiger partial charge in [-0.1, -0.05) is 18.2 Å². The van der Waals surface area contributed by atoms with E-state index in [2.05, 4.69) is 10.3 Å². The summed E-state index contributed by atoms with van der Waals surface area (Å²) in [5, 5.41) is 3.93. The van der Waals surface area contributed by atoms with E-state index in [1.165, 1.54) is 6.07 Å². The first-order valence-electron chi connectivity index (χ1n) is 10.8. The molecule has 1 N–H and O–H groups in total. The summed E-state index contributed by atoms with van der Waals surface area (Å²) >= 11 is 0. The van der Waals surface area contributed by atoms with Gasteiger partial charge in [-0.15, -0.1) is 0 Å². The Bertz CT molecular complexity index is 1390. The largest absolute Gasteiger partial charge is 0.352 e. The molecule has 5 rings (SSSR count). The van der Waals surface area contributed by atoms with Crippen LogP contribution in [0.3, 0.4) is 0 Å². The zero-order valence-corrected chi connectivity index (χ0v) is 17.8. The molecule has 0 bridgehead atoms. The number of carbonyl (C=O) groups is 2. The number of anilines is 1. The quantitative estimate of drug-likeness (QED) is 0.519. The van der Waals surface area contributed by atoms with Gasteiger partial charge in [0.05, 0.1) is 5.52 Å². The number of nitrogens with zero attached hydrogens (tertiary/aromatic N) is 3. The van der Waals surface area contributed by atoms with Gasteiger partial charge in [-0.05, 0) is 48.5 Å². The molecule has 2 aromatic carbocycles. The lowest BCUT2D eigenvalue weighted by molar-refractivity contribution is -0.117. The lowest BCUT2D eigenvalue weighted by Gasteiger charge is -2.18. The third kappa shape index (κ3) is 4.25. The van der Waals surface area contributed by atoms with Crippen molar-refractivity contribution in [2.45, 2.75) is 6.42 Å². The van der Waals surface area contributed by atoms with Gasteiger partial charge in [0.1, 0.15) is 0 Å². The molecule has 1 atom stereocenters. The molecule has 164 valence electrons. The number of hydrogen-bond donors (Lipinski definition) is 1. The molecular formula is C26H22N4O3. The molecule has 0 aliphatic carbocycles. The van der Waals surface area contributed by atoms with Gasteiger partial charge >= 0.3 is 0 Å². The predicted octanol–water partition coefficient (Wildman–Crippen LogP) is 3.17.